The van der Waals surface area contributed by atoms with Crippen LogP contribution in [0.15, 0.2) is 30.5 Å². The molecule has 1 unspecified atom stereocenters. The summed E-state index contributed by atoms with van der Waals surface area (Å²) in [6.07, 6.45) is 1.50. The van der Waals surface area contributed by atoms with E-state index in [2.05, 4.69) is 10.2 Å². The van der Waals surface area contributed by atoms with Crippen molar-refractivity contribution in [3.63, 3.8) is 0 Å². The number of carbonyl (C=O) groups excluding carboxylic acids is 1. The molecular weight excluding hydrogens is 319 g/mol. The van der Waals surface area contributed by atoms with Crippen molar-refractivity contribution in [3.05, 3.63) is 57.7 Å². The van der Waals surface area contributed by atoms with Crippen molar-refractivity contribution < 1.29 is 19.2 Å². The van der Waals surface area contributed by atoms with Gasteiger partial charge in [0.15, 0.2) is 0 Å². The van der Waals surface area contributed by atoms with Gasteiger partial charge in [0.05, 0.1) is 17.6 Å². The van der Waals surface area contributed by atoms with Crippen LogP contribution in [0.5, 0.6) is 0 Å². The van der Waals surface area contributed by atoms with Crippen LogP contribution < -0.4 is 0 Å². The topological polar surface area (TPSA) is 112 Å². The summed E-state index contributed by atoms with van der Waals surface area (Å²) in [6.45, 7) is -0.0364. The highest BCUT2D eigenvalue weighted by molar-refractivity contribution is 5.96. The average Bonchev–Trinajstić information content (AvgIpc) is 3.27. The fourth-order valence-electron chi connectivity index (χ4n) is 2.48. The van der Waals surface area contributed by atoms with E-state index in [1.807, 2.05) is 0 Å². The highest BCUT2D eigenvalue weighted by atomic mass is 19.1. The maximum absolute atomic E-state index is 13.0. The quantitative estimate of drug-likeness (QED) is 0.618. The van der Waals surface area contributed by atoms with Crippen LogP contribution in [0.1, 0.15) is 35.0 Å². The lowest BCUT2D eigenvalue weighted by molar-refractivity contribution is -0.385. The van der Waals surface area contributed by atoms with E-state index < -0.39 is 28.4 Å². The van der Waals surface area contributed by atoms with Gasteiger partial charge in [-0.2, -0.15) is 5.10 Å². The maximum atomic E-state index is 13.0. The molecule has 1 aliphatic rings. The van der Waals surface area contributed by atoms with Gasteiger partial charge in [-0.15, -0.1) is 0 Å². The Morgan fingerprint density at radius 1 is 1.46 bits per heavy atom. The van der Waals surface area contributed by atoms with Crippen molar-refractivity contribution in [2.75, 3.05) is 6.54 Å². The van der Waals surface area contributed by atoms with Crippen LogP contribution in [-0.2, 0) is 0 Å². The van der Waals surface area contributed by atoms with Crippen molar-refractivity contribution in [1.82, 2.24) is 15.1 Å². The molecule has 1 aromatic heterocycles. The number of hydrogen-bond donors (Lipinski definition) is 2. The van der Waals surface area contributed by atoms with E-state index in [4.69, 9.17) is 0 Å². The first-order chi connectivity index (χ1) is 11.5. The van der Waals surface area contributed by atoms with E-state index in [0.717, 1.165) is 19.0 Å². The number of nitrogens with zero attached hydrogens (tertiary/aromatic N) is 3. The normalized spacial score (nSPS) is 15.1. The summed E-state index contributed by atoms with van der Waals surface area (Å²) in [4.78, 5) is 24.3. The standard InChI is InChI=1S/C15H15FN4O4/c16-10-3-1-9(2-4-10)13(21)8-19(11-5-6-11)15(22)14-12(20(23)24)7-17-18-14/h1-4,7,11,13,21H,5-6,8H2,(H,17,18). The molecule has 8 nitrogen and oxygen atoms in total. The van der Waals surface area contributed by atoms with Crippen molar-refractivity contribution in [2.24, 2.45) is 0 Å². The fourth-order valence-corrected chi connectivity index (χ4v) is 2.48. The fraction of sp³-hybridized carbons (Fsp3) is 0.333. The Kier molecular flexibility index (Phi) is 4.26. The molecule has 0 bridgehead atoms. The third kappa shape index (κ3) is 3.25. The van der Waals surface area contributed by atoms with Crippen LogP contribution in [-0.4, -0.2) is 43.6 Å². The SMILES string of the molecule is O=C(c1[nH]ncc1[N+](=O)[O-])N(CC(O)c1ccc(F)cc1)C1CC1. The van der Waals surface area contributed by atoms with Gasteiger partial charge in [0.2, 0.25) is 5.69 Å². The summed E-state index contributed by atoms with van der Waals surface area (Å²) in [6, 6.07) is 5.25. The van der Waals surface area contributed by atoms with E-state index in [1.165, 1.54) is 29.2 Å². The molecule has 3 rings (SSSR count). The van der Waals surface area contributed by atoms with E-state index >= 15 is 0 Å². The molecule has 0 radical (unpaired) electrons. The molecule has 126 valence electrons. The second kappa shape index (κ2) is 6.36. The summed E-state index contributed by atoms with van der Waals surface area (Å²) in [5, 5.41) is 27.2. The predicted molar refractivity (Wildman–Crippen MR) is 80.7 cm³/mol. The Bertz CT molecular complexity index is 757. The highest BCUT2D eigenvalue weighted by Gasteiger charge is 2.37. The van der Waals surface area contributed by atoms with Crippen LogP contribution in [0, 0.1) is 15.9 Å². The smallest absolute Gasteiger partial charge is 0.319 e. The van der Waals surface area contributed by atoms with Crippen LogP contribution in [0.3, 0.4) is 0 Å². The van der Waals surface area contributed by atoms with Crippen LogP contribution in [0.25, 0.3) is 0 Å². The Hall–Kier alpha value is -2.81. The third-order valence-electron chi connectivity index (χ3n) is 3.90. The number of rotatable bonds is 6. The molecule has 1 aromatic carbocycles. The second-order valence-corrected chi connectivity index (χ2v) is 5.64. The summed E-state index contributed by atoms with van der Waals surface area (Å²) >= 11 is 0. The number of aliphatic hydroxyl groups is 1. The summed E-state index contributed by atoms with van der Waals surface area (Å²) in [7, 11) is 0. The zero-order valence-corrected chi connectivity index (χ0v) is 12.6. The summed E-state index contributed by atoms with van der Waals surface area (Å²) < 4.78 is 13.0. The van der Waals surface area contributed by atoms with Crippen LogP contribution in [0.2, 0.25) is 0 Å². The first kappa shape index (κ1) is 16.1. The van der Waals surface area contributed by atoms with Crippen molar-refractivity contribution in [3.8, 4) is 0 Å². The molecule has 1 atom stereocenters. The molecule has 1 fully saturated rings. The molecule has 9 heteroatoms. The van der Waals surface area contributed by atoms with Gasteiger partial charge in [-0.25, -0.2) is 4.39 Å². The summed E-state index contributed by atoms with van der Waals surface area (Å²) in [5.41, 5.74) is -0.144. The predicted octanol–water partition coefficient (Wildman–Crippen LogP) is 1.80. The number of hydrogen-bond acceptors (Lipinski definition) is 5. The number of nitrogens with one attached hydrogen (secondary N) is 1. The molecule has 24 heavy (non-hydrogen) atoms. The van der Waals surface area contributed by atoms with Gasteiger partial charge >= 0.3 is 5.69 Å². The number of aromatic amines is 1. The minimum absolute atomic E-state index is 0.0364. The molecule has 1 aliphatic carbocycles. The number of aliphatic hydroxyl groups excluding tert-OH is 1. The molecular formula is C15H15FN4O4. The van der Waals surface area contributed by atoms with Crippen molar-refractivity contribution in [1.29, 1.82) is 0 Å². The zero-order chi connectivity index (χ0) is 17.3. The van der Waals surface area contributed by atoms with E-state index in [1.54, 1.807) is 0 Å². The molecule has 0 saturated heterocycles. The van der Waals surface area contributed by atoms with Gasteiger partial charge in [-0.1, -0.05) is 12.1 Å². The Morgan fingerprint density at radius 3 is 2.71 bits per heavy atom. The highest BCUT2D eigenvalue weighted by Crippen LogP contribution is 2.31. The lowest BCUT2D eigenvalue weighted by Crippen LogP contribution is -2.37. The monoisotopic (exact) mass is 334 g/mol. The molecule has 2 aromatic rings. The number of amides is 1. The van der Waals surface area contributed by atoms with Crippen LogP contribution >= 0.6 is 0 Å². The third-order valence-corrected chi connectivity index (χ3v) is 3.90. The van der Waals surface area contributed by atoms with E-state index in [-0.39, 0.29) is 18.3 Å². The van der Waals surface area contributed by atoms with Crippen molar-refractivity contribution >= 4 is 11.6 Å². The second-order valence-electron chi connectivity index (χ2n) is 5.64. The van der Waals surface area contributed by atoms with Gasteiger partial charge < -0.3 is 10.0 Å². The van der Waals surface area contributed by atoms with Gasteiger partial charge in [0, 0.05) is 6.04 Å². The Morgan fingerprint density at radius 2 is 2.12 bits per heavy atom. The molecule has 1 saturated carbocycles. The average molecular weight is 334 g/mol. The van der Waals surface area contributed by atoms with E-state index in [9.17, 15) is 24.4 Å². The van der Waals surface area contributed by atoms with E-state index in [0.29, 0.717) is 5.56 Å². The molecule has 1 heterocycles. The minimum Gasteiger partial charge on any atom is -0.387 e. The van der Waals surface area contributed by atoms with Crippen molar-refractivity contribution in [2.45, 2.75) is 25.0 Å². The molecule has 0 spiro atoms. The molecule has 1 amide bonds. The first-order valence-corrected chi connectivity index (χ1v) is 7.39. The molecule has 0 aliphatic heterocycles. The number of carbonyl (C=O) groups is 1. The lowest BCUT2D eigenvalue weighted by atomic mass is 10.1. The number of H-pyrrole nitrogens is 1. The first-order valence-electron chi connectivity index (χ1n) is 7.39. The van der Waals surface area contributed by atoms with Gasteiger partial charge in [0.25, 0.3) is 5.91 Å². The van der Waals surface area contributed by atoms with Gasteiger partial charge in [-0.3, -0.25) is 20.0 Å². The molecule has 2 N–H and O–H groups in total. The zero-order valence-electron chi connectivity index (χ0n) is 12.6. The number of aromatic nitrogens is 2. The lowest BCUT2D eigenvalue weighted by Gasteiger charge is -2.24. The largest absolute Gasteiger partial charge is 0.387 e. The minimum atomic E-state index is -1.02. The summed E-state index contributed by atoms with van der Waals surface area (Å²) in [5.74, 6) is -1.00. The van der Waals surface area contributed by atoms with Gasteiger partial charge in [0.1, 0.15) is 12.0 Å². The van der Waals surface area contributed by atoms with Gasteiger partial charge in [-0.05, 0) is 30.5 Å². The van der Waals surface area contributed by atoms with Crippen LogP contribution in [0.4, 0.5) is 10.1 Å². The number of benzene rings is 1. The number of nitro groups is 1. The number of halogens is 1. The Labute approximate surface area is 136 Å². The Balaban J connectivity index is 1.79. The maximum Gasteiger partial charge on any atom is 0.319 e.